The minimum absolute atomic E-state index is 0.122. The Labute approximate surface area is 153 Å². The van der Waals surface area contributed by atoms with Gasteiger partial charge in [-0.15, -0.1) is 0 Å². The van der Waals surface area contributed by atoms with Gasteiger partial charge in [-0.2, -0.15) is 0 Å². The molecule has 1 aromatic carbocycles. The third-order valence-electron chi connectivity index (χ3n) is 4.15. The van der Waals surface area contributed by atoms with Crippen LogP contribution in [0, 0.1) is 0 Å². The molecule has 1 aliphatic heterocycles. The molecule has 6 nitrogen and oxygen atoms in total. The molecule has 24 heavy (non-hydrogen) atoms. The Balaban J connectivity index is 1.83. The molecule has 0 saturated heterocycles. The van der Waals surface area contributed by atoms with Gasteiger partial charge in [-0.1, -0.05) is 17.7 Å². The number of β-amino-alcohol motifs (C(OH)–C–C–N with tert-alkyl or cyclic N) is 1. The average Bonchev–Trinajstić information content (AvgIpc) is 2.89. The van der Waals surface area contributed by atoms with Gasteiger partial charge in [-0.05, 0) is 28.1 Å². The fourth-order valence-electron chi connectivity index (χ4n) is 2.90. The Morgan fingerprint density at radius 1 is 1.50 bits per heavy atom. The van der Waals surface area contributed by atoms with Crippen molar-refractivity contribution in [2.75, 3.05) is 25.0 Å². The van der Waals surface area contributed by atoms with Crippen molar-refractivity contribution in [1.82, 2.24) is 14.5 Å². The van der Waals surface area contributed by atoms with E-state index in [-0.39, 0.29) is 12.5 Å². The second-order valence-electron chi connectivity index (χ2n) is 5.69. The van der Waals surface area contributed by atoms with E-state index in [2.05, 4.69) is 31.1 Å². The van der Waals surface area contributed by atoms with Crippen molar-refractivity contribution in [3.05, 3.63) is 44.9 Å². The summed E-state index contributed by atoms with van der Waals surface area (Å²) in [5, 5.41) is 12.4. The van der Waals surface area contributed by atoms with Gasteiger partial charge in [-0.25, -0.2) is 4.98 Å². The van der Waals surface area contributed by atoms with Crippen molar-refractivity contribution in [1.29, 1.82) is 0 Å². The third kappa shape index (κ3) is 3.35. The van der Waals surface area contributed by atoms with Crippen LogP contribution in [0.3, 0.4) is 0 Å². The van der Waals surface area contributed by atoms with Gasteiger partial charge in [0.05, 0.1) is 23.0 Å². The molecule has 2 aromatic rings. The monoisotopic (exact) mass is 412 g/mol. The summed E-state index contributed by atoms with van der Waals surface area (Å²) in [6.45, 7) is 2.24. The average molecular weight is 414 g/mol. The summed E-state index contributed by atoms with van der Waals surface area (Å²) in [4.78, 5) is 19.2. The maximum Gasteiger partial charge on any atom is 0.291 e. The number of nitrogens with zero attached hydrogens (tertiary/aromatic N) is 3. The molecule has 2 heterocycles. The van der Waals surface area contributed by atoms with Crippen LogP contribution >= 0.6 is 27.5 Å². The van der Waals surface area contributed by atoms with Gasteiger partial charge >= 0.3 is 0 Å². The highest BCUT2D eigenvalue weighted by atomic mass is 79.9. The van der Waals surface area contributed by atoms with E-state index < -0.39 is 0 Å². The summed E-state index contributed by atoms with van der Waals surface area (Å²) in [5.41, 5.74) is 2.50. The molecule has 0 fully saturated rings. The number of aliphatic hydroxyl groups excluding tert-OH is 1. The molecule has 0 spiro atoms. The van der Waals surface area contributed by atoms with Gasteiger partial charge < -0.3 is 15.0 Å². The van der Waals surface area contributed by atoms with Crippen LogP contribution in [0.5, 0.6) is 0 Å². The summed E-state index contributed by atoms with van der Waals surface area (Å²) < 4.78 is 2.56. The maximum absolute atomic E-state index is 12.6. The molecule has 0 atom stereocenters. The Morgan fingerprint density at radius 2 is 2.29 bits per heavy atom. The first-order valence-corrected chi connectivity index (χ1v) is 8.81. The van der Waals surface area contributed by atoms with Gasteiger partial charge in [0.25, 0.3) is 5.91 Å². The zero-order chi connectivity index (χ0) is 17.3. The van der Waals surface area contributed by atoms with E-state index in [4.69, 9.17) is 16.7 Å². The predicted octanol–water partition coefficient (Wildman–Crippen LogP) is 2.44. The van der Waals surface area contributed by atoms with Crippen molar-refractivity contribution in [3.8, 4) is 0 Å². The summed E-state index contributed by atoms with van der Waals surface area (Å²) in [7, 11) is 1.85. The molecule has 0 saturated carbocycles. The number of anilines is 1. The highest BCUT2D eigenvalue weighted by molar-refractivity contribution is 9.10. The minimum Gasteiger partial charge on any atom is -0.395 e. The number of benzene rings is 1. The van der Waals surface area contributed by atoms with E-state index in [9.17, 15) is 4.79 Å². The summed E-state index contributed by atoms with van der Waals surface area (Å²) in [6, 6.07) is 5.37. The first-order chi connectivity index (χ1) is 11.5. The highest BCUT2D eigenvalue weighted by Crippen LogP contribution is 2.30. The van der Waals surface area contributed by atoms with E-state index in [1.54, 1.807) is 6.07 Å². The summed E-state index contributed by atoms with van der Waals surface area (Å²) in [6.07, 6.45) is 0.809. The van der Waals surface area contributed by atoms with Crippen molar-refractivity contribution in [2.24, 2.45) is 7.05 Å². The van der Waals surface area contributed by atoms with Crippen LogP contribution in [0.4, 0.5) is 5.69 Å². The number of hydrogen-bond acceptors (Lipinski definition) is 4. The number of amides is 1. The van der Waals surface area contributed by atoms with Gasteiger partial charge in [0.15, 0.2) is 5.82 Å². The number of nitrogens with one attached hydrogen (secondary N) is 1. The standard InChI is InChI=1S/C16H18BrClN4O2/c1-21-13-5-6-22(7-8-23)9-12(13)19-15(21)16(24)20-11-4-2-3-10(17)14(11)18/h2-4,23H,5-9H2,1H3,(H,20,24). The van der Waals surface area contributed by atoms with Crippen LogP contribution in [0.1, 0.15) is 22.0 Å². The van der Waals surface area contributed by atoms with E-state index in [1.807, 2.05) is 23.7 Å². The highest BCUT2D eigenvalue weighted by Gasteiger charge is 2.25. The molecule has 0 bridgehead atoms. The molecule has 0 radical (unpaired) electrons. The number of carbonyl (C=O) groups is 1. The molecule has 2 N–H and O–H groups in total. The van der Waals surface area contributed by atoms with Gasteiger partial charge in [-0.3, -0.25) is 9.69 Å². The van der Waals surface area contributed by atoms with Crippen LogP contribution in [-0.4, -0.2) is 45.2 Å². The van der Waals surface area contributed by atoms with Crippen LogP contribution in [-0.2, 0) is 20.0 Å². The smallest absolute Gasteiger partial charge is 0.291 e. The lowest BCUT2D eigenvalue weighted by molar-refractivity contribution is 0.101. The lowest BCUT2D eigenvalue weighted by Crippen LogP contribution is -2.33. The normalized spacial score (nSPS) is 14.5. The first-order valence-electron chi connectivity index (χ1n) is 7.64. The molecular formula is C16H18BrClN4O2. The summed E-state index contributed by atoms with van der Waals surface area (Å²) in [5.74, 6) is 0.0718. The second kappa shape index (κ2) is 7.23. The Hall–Kier alpha value is -1.41. The number of hydrogen-bond donors (Lipinski definition) is 2. The van der Waals surface area contributed by atoms with Gasteiger partial charge in [0.1, 0.15) is 0 Å². The minimum atomic E-state index is -0.291. The molecule has 1 aromatic heterocycles. The fourth-order valence-corrected chi connectivity index (χ4v) is 3.44. The molecule has 0 aliphatic carbocycles. The molecule has 8 heteroatoms. The number of aliphatic hydroxyl groups is 1. The zero-order valence-electron chi connectivity index (χ0n) is 13.2. The van der Waals surface area contributed by atoms with Gasteiger partial charge in [0.2, 0.25) is 0 Å². The Bertz CT molecular complexity index is 778. The molecule has 3 rings (SSSR count). The topological polar surface area (TPSA) is 70.4 Å². The number of aromatic nitrogens is 2. The zero-order valence-corrected chi connectivity index (χ0v) is 15.6. The quantitative estimate of drug-likeness (QED) is 0.808. The van der Waals surface area contributed by atoms with Crippen LogP contribution < -0.4 is 5.32 Å². The number of rotatable bonds is 4. The van der Waals surface area contributed by atoms with Crippen molar-refractivity contribution in [2.45, 2.75) is 13.0 Å². The molecular weight excluding hydrogens is 396 g/mol. The Morgan fingerprint density at radius 3 is 3.04 bits per heavy atom. The third-order valence-corrected chi connectivity index (χ3v) is 5.45. The molecule has 1 aliphatic rings. The second-order valence-corrected chi connectivity index (χ2v) is 6.93. The largest absolute Gasteiger partial charge is 0.395 e. The number of halogens is 2. The van der Waals surface area contributed by atoms with E-state index in [1.165, 1.54) is 0 Å². The predicted molar refractivity (Wildman–Crippen MR) is 96.4 cm³/mol. The van der Waals surface area contributed by atoms with Crippen molar-refractivity contribution in [3.63, 3.8) is 0 Å². The van der Waals surface area contributed by atoms with Crippen LogP contribution in [0.2, 0.25) is 5.02 Å². The van der Waals surface area contributed by atoms with E-state index in [0.29, 0.717) is 29.6 Å². The molecule has 1 amide bonds. The van der Waals surface area contributed by atoms with Gasteiger partial charge in [0, 0.05) is 43.3 Å². The summed E-state index contributed by atoms with van der Waals surface area (Å²) >= 11 is 9.54. The molecule has 0 unspecified atom stereocenters. The SMILES string of the molecule is Cn1c(C(=O)Nc2cccc(Br)c2Cl)nc2c1CCN(CCO)C2. The maximum atomic E-state index is 12.6. The van der Waals surface area contributed by atoms with Crippen LogP contribution in [0.15, 0.2) is 22.7 Å². The van der Waals surface area contributed by atoms with Crippen LogP contribution in [0.25, 0.3) is 0 Å². The molecule has 128 valence electrons. The number of carbonyl (C=O) groups excluding carboxylic acids is 1. The fraction of sp³-hybridized carbons (Fsp3) is 0.375. The lowest BCUT2D eigenvalue weighted by Gasteiger charge is -2.25. The number of fused-ring (bicyclic) bond motifs is 1. The van der Waals surface area contributed by atoms with E-state index in [0.717, 1.165) is 28.8 Å². The van der Waals surface area contributed by atoms with Crippen molar-refractivity contribution < 1.29 is 9.90 Å². The van der Waals surface area contributed by atoms with Crippen molar-refractivity contribution >= 4 is 39.1 Å². The number of imidazole rings is 1. The Kier molecular flexibility index (Phi) is 5.24. The van der Waals surface area contributed by atoms with E-state index >= 15 is 0 Å². The lowest BCUT2D eigenvalue weighted by atomic mass is 10.1. The first kappa shape index (κ1) is 17.4.